The molecule has 3 atom stereocenters. The third kappa shape index (κ3) is 4.11. The van der Waals surface area contributed by atoms with Crippen LogP contribution >= 0.6 is 11.8 Å². The van der Waals surface area contributed by atoms with Crippen molar-refractivity contribution in [3.05, 3.63) is 11.4 Å². The molecule has 1 saturated heterocycles. The summed E-state index contributed by atoms with van der Waals surface area (Å²) in [6, 6.07) is -0.262. The number of hydrogen-bond donors (Lipinski definition) is 0. The summed E-state index contributed by atoms with van der Waals surface area (Å²) in [6.45, 7) is 11.9. The summed E-state index contributed by atoms with van der Waals surface area (Å²) < 4.78 is 4.81. The lowest BCUT2D eigenvalue weighted by Gasteiger charge is -2.33. The van der Waals surface area contributed by atoms with Crippen molar-refractivity contribution in [3.8, 4) is 0 Å². The number of aliphatic imine (C=N–C) groups is 2. The van der Waals surface area contributed by atoms with Crippen LogP contribution in [0.3, 0.4) is 0 Å². The number of thioether (sulfide) groups is 1. The molecule has 3 unspecified atom stereocenters. The van der Waals surface area contributed by atoms with Crippen molar-refractivity contribution in [3.63, 3.8) is 0 Å². The van der Waals surface area contributed by atoms with Crippen LogP contribution in [0.5, 0.6) is 0 Å². The van der Waals surface area contributed by atoms with Gasteiger partial charge in [-0.2, -0.15) is 5.11 Å². The number of hydrogen-bond acceptors (Lipinski definition) is 11. The van der Waals surface area contributed by atoms with Gasteiger partial charge in [0.2, 0.25) is 0 Å². The zero-order valence-corrected chi connectivity index (χ0v) is 18.2. The number of amidine groups is 2. The summed E-state index contributed by atoms with van der Waals surface area (Å²) >= 11 is 1.42. The minimum atomic E-state index is -0.262. The van der Waals surface area contributed by atoms with E-state index < -0.39 is 0 Å². The average molecular weight is 419 g/mol. The Hall–Kier alpha value is -2.14. The van der Waals surface area contributed by atoms with E-state index >= 15 is 0 Å². The molecule has 0 N–H and O–H groups in total. The maximum atomic E-state index is 11.5. The fourth-order valence-corrected chi connectivity index (χ4v) is 4.59. The molecule has 0 bridgehead atoms. The number of nitrogens with zero attached hydrogens (tertiary/aromatic N) is 8. The molecular formula is C18H26N8O2S. The number of aromatic nitrogens is 2. The topological polar surface area (TPSA) is 112 Å². The maximum absolute atomic E-state index is 11.5. The van der Waals surface area contributed by atoms with Gasteiger partial charge in [-0.3, -0.25) is 9.69 Å². The first-order chi connectivity index (χ1) is 13.7. The highest BCUT2D eigenvalue weighted by Gasteiger charge is 2.44. The van der Waals surface area contributed by atoms with E-state index in [-0.39, 0.29) is 22.7 Å². The Kier molecular flexibility index (Phi) is 5.28. The average Bonchev–Trinajstić information content (AvgIpc) is 3.35. The molecule has 4 heterocycles. The molecule has 1 aromatic heterocycles. The van der Waals surface area contributed by atoms with Crippen molar-refractivity contribution in [1.82, 2.24) is 20.2 Å². The molecule has 0 aromatic carbocycles. The summed E-state index contributed by atoms with van der Waals surface area (Å²) in [5.74, 6) is 1.56. The highest BCUT2D eigenvalue weighted by Crippen LogP contribution is 2.33. The Labute approximate surface area is 173 Å². The van der Waals surface area contributed by atoms with E-state index in [2.05, 4.69) is 46.3 Å². The zero-order chi connectivity index (χ0) is 20.8. The highest BCUT2D eigenvalue weighted by molar-refractivity contribution is 8.14. The van der Waals surface area contributed by atoms with Crippen LogP contribution in [0.15, 0.2) is 25.0 Å². The minimum Gasteiger partial charge on any atom is -0.288 e. The molecule has 3 aliphatic heterocycles. The summed E-state index contributed by atoms with van der Waals surface area (Å²) in [4.78, 5) is 23.6. The molecule has 0 amide bonds. The van der Waals surface area contributed by atoms with Gasteiger partial charge in [0.1, 0.15) is 23.4 Å². The smallest absolute Gasteiger partial charge is 0.186 e. The van der Waals surface area contributed by atoms with Gasteiger partial charge in [0, 0.05) is 30.7 Å². The van der Waals surface area contributed by atoms with Gasteiger partial charge >= 0.3 is 0 Å². The van der Waals surface area contributed by atoms with Gasteiger partial charge in [0.15, 0.2) is 17.0 Å². The first kappa shape index (κ1) is 20.1. The number of carbonyl (C=O) groups is 1. The molecule has 0 spiro atoms. The summed E-state index contributed by atoms with van der Waals surface area (Å²) in [6.07, 6.45) is 0.796. The van der Waals surface area contributed by atoms with Crippen LogP contribution < -0.4 is 0 Å². The van der Waals surface area contributed by atoms with Crippen molar-refractivity contribution in [2.24, 2.45) is 25.7 Å². The van der Waals surface area contributed by atoms with E-state index in [1.807, 2.05) is 6.92 Å². The van der Waals surface area contributed by atoms with Crippen LogP contribution in [0.25, 0.3) is 0 Å². The van der Waals surface area contributed by atoms with E-state index in [4.69, 9.17) is 14.6 Å². The highest BCUT2D eigenvalue weighted by atomic mass is 32.2. The van der Waals surface area contributed by atoms with Crippen LogP contribution in [-0.2, 0) is 11.3 Å². The first-order valence-corrected chi connectivity index (χ1v) is 10.6. The second-order valence-corrected chi connectivity index (χ2v) is 10.1. The van der Waals surface area contributed by atoms with E-state index in [9.17, 15) is 4.79 Å². The molecule has 1 fully saturated rings. The van der Waals surface area contributed by atoms with E-state index in [0.717, 1.165) is 36.9 Å². The van der Waals surface area contributed by atoms with Gasteiger partial charge in [-0.25, -0.2) is 19.6 Å². The Morgan fingerprint density at radius 2 is 2.10 bits per heavy atom. The van der Waals surface area contributed by atoms with Crippen LogP contribution in [-0.4, -0.2) is 67.6 Å². The molecule has 0 aliphatic carbocycles. The molecule has 3 aliphatic rings. The Balaban J connectivity index is 1.59. The monoisotopic (exact) mass is 418 g/mol. The van der Waals surface area contributed by atoms with Gasteiger partial charge in [-0.15, -0.1) is 0 Å². The van der Waals surface area contributed by atoms with E-state index in [0.29, 0.717) is 17.5 Å². The summed E-state index contributed by atoms with van der Waals surface area (Å²) in [5.41, 5.74) is 1.23. The lowest BCUT2D eigenvalue weighted by Crippen LogP contribution is -2.49. The molecule has 11 heteroatoms. The van der Waals surface area contributed by atoms with Crippen molar-refractivity contribution in [1.29, 1.82) is 0 Å². The Bertz CT molecular complexity index is 887. The fourth-order valence-electron chi connectivity index (χ4n) is 3.63. The summed E-state index contributed by atoms with van der Waals surface area (Å²) in [5, 5.41) is 18.9. The Morgan fingerprint density at radius 3 is 2.76 bits per heavy atom. The SMILES string of the molecule is CC(=O)SC1CCN(C2N=C(C(C)(C)C)N=C3C2N=NN3Cc2nonc2C)C1. The molecule has 1 aromatic rings. The molecule has 4 rings (SSSR count). The number of likely N-dealkylation sites (tertiary alicyclic amines) is 1. The fraction of sp³-hybridized carbons (Fsp3) is 0.722. The van der Waals surface area contributed by atoms with Crippen molar-refractivity contribution >= 4 is 28.5 Å². The predicted molar refractivity (Wildman–Crippen MR) is 110 cm³/mol. The largest absolute Gasteiger partial charge is 0.288 e. The van der Waals surface area contributed by atoms with E-state index in [1.165, 1.54) is 11.8 Å². The van der Waals surface area contributed by atoms with Crippen LogP contribution in [0, 0.1) is 12.3 Å². The van der Waals surface area contributed by atoms with E-state index in [1.54, 1.807) is 11.9 Å². The third-order valence-electron chi connectivity index (χ3n) is 5.17. The van der Waals surface area contributed by atoms with Crippen molar-refractivity contribution < 1.29 is 9.42 Å². The summed E-state index contributed by atoms with van der Waals surface area (Å²) in [7, 11) is 0. The van der Waals surface area contributed by atoms with Crippen molar-refractivity contribution in [2.75, 3.05) is 13.1 Å². The van der Waals surface area contributed by atoms with Crippen LogP contribution in [0.4, 0.5) is 0 Å². The van der Waals surface area contributed by atoms with Crippen LogP contribution in [0.1, 0.15) is 45.5 Å². The predicted octanol–water partition coefficient (Wildman–Crippen LogP) is 2.47. The first-order valence-electron chi connectivity index (χ1n) is 9.77. The number of aryl methyl sites for hydroxylation is 1. The lowest BCUT2D eigenvalue weighted by atomic mass is 9.94. The second kappa shape index (κ2) is 7.60. The number of carbonyl (C=O) groups excluding carboxylic acids is 1. The quantitative estimate of drug-likeness (QED) is 0.738. The molecular weight excluding hydrogens is 392 g/mol. The van der Waals surface area contributed by atoms with Gasteiger partial charge < -0.3 is 0 Å². The third-order valence-corrected chi connectivity index (χ3v) is 6.22. The maximum Gasteiger partial charge on any atom is 0.186 e. The van der Waals surface area contributed by atoms with Gasteiger partial charge in [0.25, 0.3) is 0 Å². The Morgan fingerprint density at radius 1 is 1.31 bits per heavy atom. The molecule has 10 nitrogen and oxygen atoms in total. The van der Waals surface area contributed by atoms with Crippen LogP contribution in [0.2, 0.25) is 0 Å². The molecule has 0 saturated carbocycles. The number of fused-ring (bicyclic) bond motifs is 1. The van der Waals surface area contributed by atoms with Gasteiger partial charge in [-0.1, -0.05) is 48.1 Å². The van der Waals surface area contributed by atoms with Crippen molar-refractivity contribution in [2.45, 2.75) is 65.0 Å². The molecule has 156 valence electrons. The molecule has 29 heavy (non-hydrogen) atoms. The van der Waals surface area contributed by atoms with Gasteiger partial charge in [-0.05, 0) is 13.3 Å². The minimum absolute atomic E-state index is 0.157. The standard InChI is InChI=1S/C18H26N8O2S/c1-10-13(23-28-22-10)9-26-16-14(21-24-26)15(19-17(20-16)18(3,4)5)25-7-6-12(8-25)29-11(2)27/h12,14-15H,6-9H2,1-5H3. The molecule has 0 radical (unpaired) electrons. The zero-order valence-electron chi connectivity index (χ0n) is 17.4. The second-order valence-electron chi connectivity index (χ2n) is 8.61. The van der Waals surface area contributed by atoms with Gasteiger partial charge in [0.05, 0.1) is 6.54 Å². The normalized spacial score (nSPS) is 27.2. The number of rotatable bonds is 4. The lowest BCUT2D eigenvalue weighted by molar-refractivity contribution is -0.109.